The van der Waals surface area contributed by atoms with Crippen LogP contribution < -0.4 is 5.32 Å². The molecule has 1 aromatic rings. The average Bonchev–Trinajstić information content (AvgIpc) is 2.72. The van der Waals surface area contributed by atoms with Gasteiger partial charge in [0.1, 0.15) is 0 Å². The van der Waals surface area contributed by atoms with Crippen molar-refractivity contribution in [3.63, 3.8) is 0 Å². The van der Waals surface area contributed by atoms with Gasteiger partial charge in [0, 0.05) is 25.9 Å². The quantitative estimate of drug-likeness (QED) is 0.768. The van der Waals surface area contributed by atoms with Crippen LogP contribution in [0.3, 0.4) is 0 Å². The third-order valence-electron chi connectivity index (χ3n) is 3.04. The second-order valence-corrected chi connectivity index (χ2v) is 4.47. The van der Waals surface area contributed by atoms with Crippen molar-refractivity contribution < 1.29 is 4.74 Å². The third-order valence-corrected chi connectivity index (χ3v) is 3.04. The Bertz CT molecular complexity index is 305. The molecule has 1 fully saturated rings. The van der Waals surface area contributed by atoms with E-state index in [1.165, 1.54) is 25.8 Å². The summed E-state index contributed by atoms with van der Waals surface area (Å²) in [5.41, 5.74) is 1.01. The molecule has 1 aliphatic rings. The Morgan fingerprint density at radius 1 is 1.56 bits per heavy atom. The summed E-state index contributed by atoms with van der Waals surface area (Å²) >= 11 is 0. The molecule has 1 saturated heterocycles. The topological polar surface area (TPSA) is 39.1 Å². The van der Waals surface area contributed by atoms with E-state index in [0.717, 1.165) is 18.7 Å². The number of nitrogens with zero attached hydrogens (tertiary/aromatic N) is 2. The molecule has 90 valence electrons. The van der Waals surface area contributed by atoms with Crippen LogP contribution in [0.5, 0.6) is 0 Å². The summed E-state index contributed by atoms with van der Waals surface area (Å²) in [4.78, 5) is 0. The number of hydrogen-bond donors (Lipinski definition) is 1. The molecule has 2 rings (SSSR count). The molecule has 4 heteroatoms. The summed E-state index contributed by atoms with van der Waals surface area (Å²) in [5, 5.41) is 7.79. The fourth-order valence-corrected chi connectivity index (χ4v) is 2.11. The number of aryl methyl sites for hydroxylation is 1. The number of ether oxygens (including phenoxy) is 1. The predicted molar refractivity (Wildman–Crippen MR) is 63.1 cm³/mol. The molecule has 1 atom stereocenters. The van der Waals surface area contributed by atoms with Crippen molar-refractivity contribution in [3.05, 3.63) is 18.0 Å². The second-order valence-electron chi connectivity index (χ2n) is 4.47. The van der Waals surface area contributed by atoms with Gasteiger partial charge in [-0.2, -0.15) is 5.10 Å². The highest BCUT2D eigenvalue weighted by atomic mass is 16.5. The fourth-order valence-electron chi connectivity index (χ4n) is 2.11. The molecule has 16 heavy (non-hydrogen) atoms. The lowest BCUT2D eigenvalue weighted by molar-refractivity contribution is 0.105. The van der Waals surface area contributed by atoms with Crippen LogP contribution >= 0.6 is 0 Å². The van der Waals surface area contributed by atoms with Crippen LogP contribution in [0.25, 0.3) is 0 Å². The largest absolute Gasteiger partial charge is 0.375 e. The van der Waals surface area contributed by atoms with Crippen LogP contribution in [0.1, 0.15) is 31.4 Å². The van der Waals surface area contributed by atoms with Gasteiger partial charge in [-0.1, -0.05) is 6.42 Å². The number of nitrogens with one attached hydrogen (secondary N) is 1. The summed E-state index contributed by atoms with van der Waals surface area (Å²) in [7, 11) is 1.93. The maximum absolute atomic E-state index is 5.62. The Balaban J connectivity index is 1.57. The predicted octanol–water partition coefficient (Wildman–Crippen LogP) is 1.47. The van der Waals surface area contributed by atoms with E-state index in [1.807, 2.05) is 19.3 Å². The first kappa shape index (κ1) is 11.6. The first-order chi connectivity index (χ1) is 7.84. The van der Waals surface area contributed by atoms with Crippen molar-refractivity contribution >= 4 is 0 Å². The lowest BCUT2D eigenvalue weighted by Crippen LogP contribution is -2.34. The zero-order valence-electron chi connectivity index (χ0n) is 9.98. The van der Waals surface area contributed by atoms with Crippen LogP contribution in [0.15, 0.2) is 12.3 Å². The Labute approximate surface area is 97.0 Å². The van der Waals surface area contributed by atoms with Gasteiger partial charge in [-0.25, -0.2) is 0 Å². The van der Waals surface area contributed by atoms with Crippen molar-refractivity contribution in [1.82, 2.24) is 15.1 Å². The zero-order valence-corrected chi connectivity index (χ0v) is 9.98. The Morgan fingerprint density at radius 2 is 2.50 bits per heavy atom. The van der Waals surface area contributed by atoms with E-state index in [0.29, 0.717) is 12.6 Å². The lowest BCUT2D eigenvalue weighted by atomic mass is 10.0. The first-order valence-corrected chi connectivity index (χ1v) is 6.14. The summed E-state index contributed by atoms with van der Waals surface area (Å²) in [5.74, 6) is 0. The zero-order chi connectivity index (χ0) is 11.2. The molecule has 4 nitrogen and oxygen atoms in total. The van der Waals surface area contributed by atoms with Crippen molar-refractivity contribution in [2.45, 2.75) is 38.3 Å². The molecule has 1 aliphatic heterocycles. The summed E-state index contributed by atoms with van der Waals surface area (Å²) < 4.78 is 7.43. The van der Waals surface area contributed by atoms with E-state index in [1.54, 1.807) is 4.68 Å². The third kappa shape index (κ3) is 3.61. The van der Waals surface area contributed by atoms with Gasteiger partial charge >= 0.3 is 0 Å². The Hall–Kier alpha value is -0.870. The summed E-state index contributed by atoms with van der Waals surface area (Å²) in [6, 6.07) is 2.66. The molecule has 1 N–H and O–H groups in total. The van der Waals surface area contributed by atoms with Crippen LogP contribution in [-0.4, -0.2) is 29.0 Å². The van der Waals surface area contributed by atoms with E-state index in [9.17, 15) is 0 Å². The van der Waals surface area contributed by atoms with Gasteiger partial charge in [0.15, 0.2) is 0 Å². The molecule has 0 aliphatic carbocycles. The molecule has 0 spiro atoms. The minimum atomic E-state index is 0.633. The fraction of sp³-hybridized carbons (Fsp3) is 0.750. The van der Waals surface area contributed by atoms with E-state index in [-0.39, 0.29) is 0 Å². The van der Waals surface area contributed by atoms with Crippen LogP contribution in [0.2, 0.25) is 0 Å². The van der Waals surface area contributed by atoms with Crippen molar-refractivity contribution in [2.24, 2.45) is 7.05 Å². The van der Waals surface area contributed by atoms with Crippen LogP contribution in [0.4, 0.5) is 0 Å². The highest BCUT2D eigenvalue weighted by molar-refractivity contribution is 4.96. The molecule has 0 radical (unpaired) electrons. The highest BCUT2D eigenvalue weighted by Crippen LogP contribution is 2.10. The summed E-state index contributed by atoms with van der Waals surface area (Å²) in [6.07, 6.45) is 7.05. The van der Waals surface area contributed by atoms with Gasteiger partial charge in [-0.05, 0) is 31.9 Å². The normalized spacial score (nSPS) is 21.2. The average molecular weight is 223 g/mol. The number of rotatable bonds is 5. The smallest absolute Gasteiger partial charge is 0.0906 e. The Kier molecular flexibility index (Phi) is 4.36. The van der Waals surface area contributed by atoms with Crippen molar-refractivity contribution in [1.29, 1.82) is 0 Å². The molecular formula is C12H21N3O. The second kappa shape index (κ2) is 6.01. The van der Waals surface area contributed by atoms with Gasteiger partial charge in [0.2, 0.25) is 0 Å². The van der Waals surface area contributed by atoms with E-state index >= 15 is 0 Å². The molecule has 1 aromatic heterocycles. The summed E-state index contributed by atoms with van der Waals surface area (Å²) in [6.45, 7) is 2.63. The first-order valence-electron chi connectivity index (χ1n) is 6.14. The molecule has 0 aromatic carbocycles. The standard InChI is InChI=1S/C12H21N3O/c1-15-8-5-12(14-15)10-16-9-6-11-4-2-3-7-13-11/h5,8,11,13H,2-4,6-7,9-10H2,1H3. The molecular weight excluding hydrogens is 202 g/mol. The molecule has 2 heterocycles. The minimum Gasteiger partial charge on any atom is -0.375 e. The number of hydrogen-bond acceptors (Lipinski definition) is 3. The van der Waals surface area contributed by atoms with Crippen LogP contribution in [0, 0.1) is 0 Å². The monoisotopic (exact) mass is 223 g/mol. The van der Waals surface area contributed by atoms with Gasteiger partial charge in [-0.3, -0.25) is 4.68 Å². The number of piperidine rings is 1. The Morgan fingerprint density at radius 3 is 3.19 bits per heavy atom. The molecule has 0 amide bonds. The molecule has 0 bridgehead atoms. The highest BCUT2D eigenvalue weighted by Gasteiger charge is 2.11. The number of aromatic nitrogens is 2. The van der Waals surface area contributed by atoms with Gasteiger partial charge in [0.25, 0.3) is 0 Å². The van der Waals surface area contributed by atoms with Crippen LogP contribution in [-0.2, 0) is 18.4 Å². The maximum Gasteiger partial charge on any atom is 0.0906 e. The van der Waals surface area contributed by atoms with E-state index < -0.39 is 0 Å². The maximum atomic E-state index is 5.62. The van der Waals surface area contributed by atoms with Gasteiger partial charge < -0.3 is 10.1 Å². The minimum absolute atomic E-state index is 0.633. The van der Waals surface area contributed by atoms with E-state index in [2.05, 4.69) is 10.4 Å². The SMILES string of the molecule is Cn1ccc(COCCC2CCCCN2)n1. The lowest BCUT2D eigenvalue weighted by Gasteiger charge is -2.23. The van der Waals surface area contributed by atoms with Gasteiger partial charge in [-0.15, -0.1) is 0 Å². The van der Waals surface area contributed by atoms with Crippen molar-refractivity contribution in [2.75, 3.05) is 13.2 Å². The van der Waals surface area contributed by atoms with E-state index in [4.69, 9.17) is 4.74 Å². The molecule has 1 unspecified atom stereocenters. The molecule has 0 saturated carbocycles. The van der Waals surface area contributed by atoms with Crippen molar-refractivity contribution in [3.8, 4) is 0 Å². The van der Waals surface area contributed by atoms with Gasteiger partial charge in [0.05, 0.1) is 12.3 Å².